The van der Waals surface area contributed by atoms with Crippen molar-refractivity contribution in [2.45, 2.75) is 19.1 Å². The molecule has 1 atom stereocenters. The van der Waals surface area contributed by atoms with Crippen LogP contribution in [0.5, 0.6) is 0 Å². The van der Waals surface area contributed by atoms with Crippen molar-refractivity contribution < 1.29 is 22.0 Å². The lowest BCUT2D eigenvalue weighted by atomic mass is 10.1. The number of alkyl halides is 3. The van der Waals surface area contributed by atoms with E-state index in [-0.39, 0.29) is 16.5 Å². The molecule has 1 unspecified atom stereocenters. The van der Waals surface area contributed by atoms with Gasteiger partial charge in [0.1, 0.15) is 5.76 Å². The summed E-state index contributed by atoms with van der Waals surface area (Å²) in [4.78, 5) is 0. The molecule has 0 radical (unpaired) electrons. The van der Waals surface area contributed by atoms with Crippen molar-refractivity contribution >= 4 is 17.0 Å². The summed E-state index contributed by atoms with van der Waals surface area (Å²) < 4.78 is 56.5. The van der Waals surface area contributed by atoms with Gasteiger partial charge < -0.3 is 10.2 Å². The lowest BCUT2D eigenvalue weighted by molar-refractivity contribution is -0.152. The molecule has 0 aliphatic rings. The Balaban J connectivity index is 2.70. The molecule has 19 heavy (non-hydrogen) atoms. The summed E-state index contributed by atoms with van der Waals surface area (Å²) in [5.74, 6) is -1.21. The van der Waals surface area contributed by atoms with Gasteiger partial charge in [-0.2, -0.15) is 13.2 Å². The molecule has 0 spiro atoms. The zero-order chi connectivity index (χ0) is 14.4. The van der Waals surface area contributed by atoms with Gasteiger partial charge in [-0.3, -0.25) is 0 Å². The molecule has 0 fully saturated rings. The van der Waals surface area contributed by atoms with Crippen molar-refractivity contribution in [2.24, 2.45) is 5.73 Å². The van der Waals surface area contributed by atoms with E-state index in [1.807, 2.05) is 0 Å². The molecule has 0 saturated heterocycles. The quantitative estimate of drug-likeness (QED) is 0.837. The fourth-order valence-corrected chi connectivity index (χ4v) is 1.88. The summed E-state index contributed by atoms with van der Waals surface area (Å²) >= 11 is 0. The third kappa shape index (κ3) is 2.23. The minimum absolute atomic E-state index is 0.183. The van der Waals surface area contributed by atoms with Crippen LogP contribution in [-0.4, -0.2) is 6.18 Å². The smallest absolute Gasteiger partial charge is 0.410 e. The Morgan fingerprint density at radius 3 is 2.53 bits per heavy atom. The Bertz CT molecular complexity index is 642. The molecule has 0 aliphatic heterocycles. The normalized spacial score (nSPS) is 13.8. The first kappa shape index (κ1) is 13.6. The van der Waals surface area contributed by atoms with Crippen molar-refractivity contribution in [3.8, 4) is 0 Å². The standard InChI is InChI=1S/C13H11F4NO/c1-3-7-4-8-6(2)10(12(18)13(15,16)17)19-11(8)9(14)5-7/h3-5,12H,1,18H2,2H3. The van der Waals surface area contributed by atoms with Crippen LogP contribution in [0.2, 0.25) is 0 Å². The molecule has 1 heterocycles. The molecule has 0 amide bonds. The third-order valence-electron chi connectivity index (χ3n) is 2.92. The van der Waals surface area contributed by atoms with Crippen molar-refractivity contribution in [1.82, 2.24) is 0 Å². The molecule has 6 heteroatoms. The predicted octanol–water partition coefficient (Wildman–Crippen LogP) is 4.09. The molecule has 102 valence electrons. The molecular weight excluding hydrogens is 262 g/mol. The molecular formula is C13H11F4NO. The van der Waals surface area contributed by atoms with Gasteiger partial charge in [-0.15, -0.1) is 0 Å². The van der Waals surface area contributed by atoms with Crippen molar-refractivity contribution in [2.75, 3.05) is 0 Å². The molecule has 2 N–H and O–H groups in total. The molecule has 0 bridgehead atoms. The van der Waals surface area contributed by atoms with E-state index in [1.165, 1.54) is 19.1 Å². The monoisotopic (exact) mass is 273 g/mol. The third-order valence-corrected chi connectivity index (χ3v) is 2.92. The maximum Gasteiger partial charge on any atom is 0.410 e. The van der Waals surface area contributed by atoms with Gasteiger partial charge in [0.05, 0.1) is 0 Å². The van der Waals surface area contributed by atoms with Gasteiger partial charge in [0.25, 0.3) is 0 Å². The van der Waals surface area contributed by atoms with Crippen molar-refractivity contribution in [1.29, 1.82) is 0 Å². The van der Waals surface area contributed by atoms with Crippen molar-refractivity contribution in [3.63, 3.8) is 0 Å². The zero-order valence-electron chi connectivity index (χ0n) is 10.0. The highest BCUT2D eigenvalue weighted by Crippen LogP contribution is 2.37. The van der Waals surface area contributed by atoms with Gasteiger partial charge in [0.15, 0.2) is 17.4 Å². The number of fused-ring (bicyclic) bond motifs is 1. The molecule has 2 aromatic rings. The Kier molecular flexibility index (Phi) is 3.14. The summed E-state index contributed by atoms with van der Waals surface area (Å²) in [6.07, 6.45) is -3.24. The average molecular weight is 273 g/mol. The van der Waals surface area contributed by atoms with Gasteiger partial charge in [-0.25, -0.2) is 4.39 Å². The minimum Gasteiger partial charge on any atom is -0.456 e. The highest BCUT2D eigenvalue weighted by atomic mass is 19.4. The van der Waals surface area contributed by atoms with Crippen LogP contribution in [0.1, 0.15) is 22.9 Å². The predicted molar refractivity (Wildman–Crippen MR) is 64.0 cm³/mol. The Hall–Kier alpha value is -1.82. The van der Waals surface area contributed by atoms with Gasteiger partial charge in [0, 0.05) is 10.9 Å². The van der Waals surface area contributed by atoms with Gasteiger partial charge in [-0.1, -0.05) is 12.7 Å². The van der Waals surface area contributed by atoms with Crippen LogP contribution in [0.3, 0.4) is 0 Å². The molecule has 2 rings (SSSR count). The Morgan fingerprint density at radius 2 is 2.00 bits per heavy atom. The fraction of sp³-hybridized carbons (Fsp3) is 0.231. The Morgan fingerprint density at radius 1 is 1.37 bits per heavy atom. The highest BCUT2D eigenvalue weighted by Gasteiger charge is 2.41. The van der Waals surface area contributed by atoms with Gasteiger partial charge in [0.2, 0.25) is 0 Å². The number of rotatable bonds is 2. The van der Waals surface area contributed by atoms with Crippen LogP contribution in [0.25, 0.3) is 17.0 Å². The number of nitrogens with two attached hydrogens (primary N) is 1. The summed E-state index contributed by atoms with van der Waals surface area (Å²) in [5.41, 5.74) is 5.51. The summed E-state index contributed by atoms with van der Waals surface area (Å²) in [6.45, 7) is 4.90. The molecule has 0 aliphatic carbocycles. The number of aryl methyl sites for hydroxylation is 1. The molecule has 1 aromatic heterocycles. The fourth-order valence-electron chi connectivity index (χ4n) is 1.88. The summed E-state index contributed by atoms with van der Waals surface area (Å²) in [6, 6.07) is 0.379. The molecule has 1 aromatic carbocycles. The van der Waals surface area contributed by atoms with Crippen LogP contribution in [-0.2, 0) is 0 Å². The maximum atomic E-state index is 13.7. The van der Waals surface area contributed by atoms with Crippen LogP contribution in [0, 0.1) is 12.7 Å². The van der Waals surface area contributed by atoms with E-state index in [0.29, 0.717) is 5.56 Å². The SMILES string of the molecule is C=Cc1cc(F)c2oc(C(N)C(F)(F)F)c(C)c2c1. The second-order valence-corrected chi connectivity index (χ2v) is 4.19. The van der Waals surface area contributed by atoms with Gasteiger partial charge >= 0.3 is 6.18 Å². The summed E-state index contributed by atoms with van der Waals surface area (Å²) in [7, 11) is 0. The number of benzene rings is 1. The first-order chi connectivity index (χ1) is 8.75. The number of halogens is 4. The number of furan rings is 1. The second-order valence-electron chi connectivity index (χ2n) is 4.19. The lowest BCUT2D eigenvalue weighted by Crippen LogP contribution is -2.28. The van der Waals surface area contributed by atoms with E-state index < -0.39 is 23.8 Å². The van der Waals surface area contributed by atoms with Crippen LogP contribution >= 0.6 is 0 Å². The van der Waals surface area contributed by atoms with Crippen LogP contribution in [0.4, 0.5) is 17.6 Å². The van der Waals surface area contributed by atoms with Crippen LogP contribution < -0.4 is 5.73 Å². The topological polar surface area (TPSA) is 39.2 Å². The zero-order valence-corrected chi connectivity index (χ0v) is 10.0. The van der Waals surface area contributed by atoms with E-state index in [9.17, 15) is 17.6 Å². The minimum atomic E-state index is -4.64. The first-order valence-corrected chi connectivity index (χ1v) is 5.43. The van der Waals surface area contributed by atoms with E-state index in [2.05, 4.69) is 6.58 Å². The summed E-state index contributed by atoms with van der Waals surface area (Å²) in [5, 5.41) is 0.268. The first-order valence-electron chi connectivity index (χ1n) is 5.43. The van der Waals surface area contributed by atoms with E-state index in [0.717, 1.165) is 6.07 Å². The van der Waals surface area contributed by atoms with Crippen molar-refractivity contribution in [3.05, 3.63) is 41.4 Å². The molecule has 2 nitrogen and oxygen atoms in total. The van der Waals surface area contributed by atoms with E-state index in [1.54, 1.807) is 0 Å². The highest BCUT2D eigenvalue weighted by molar-refractivity contribution is 5.85. The van der Waals surface area contributed by atoms with E-state index in [4.69, 9.17) is 10.2 Å². The van der Waals surface area contributed by atoms with E-state index >= 15 is 0 Å². The van der Waals surface area contributed by atoms with Gasteiger partial charge in [-0.05, 0) is 24.6 Å². The largest absolute Gasteiger partial charge is 0.456 e. The second kappa shape index (κ2) is 4.38. The van der Waals surface area contributed by atoms with Crippen LogP contribution in [0.15, 0.2) is 23.1 Å². The molecule has 0 saturated carbocycles. The Labute approximate surface area is 106 Å². The average Bonchev–Trinajstić information content (AvgIpc) is 2.65. The number of hydrogen-bond donors (Lipinski definition) is 1. The number of hydrogen-bond acceptors (Lipinski definition) is 2. The maximum absolute atomic E-state index is 13.7. The lowest BCUT2D eigenvalue weighted by Gasteiger charge is -2.13.